The van der Waals surface area contributed by atoms with Crippen LogP contribution < -0.4 is 5.32 Å². The van der Waals surface area contributed by atoms with Gasteiger partial charge >= 0.3 is 5.97 Å². The van der Waals surface area contributed by atoms with E-state index in [9.17, 15) is 35.1 Å². The number of rotatable bonds is 53. The molecule has 0 spiro atoms. The van der Waals surface area contributed by atoms with Gasteiger partial charge in [0.1, 0.15) is 24.4 Å². The third-order valence-corrected chi connectivity index (χ3v) is 14.7. The zero-order valence-corrected chi connectivity index (χ0v) is 48.4. The van der Waals surface area contributed by atoms with Crippen LogP contribution in [0.3, 0.4) is 0 Å². The number of allylic oxidation sites excluding steroid dienone is 7. The molecular formula is C64H117NO10. The first-order valence-electron chi connectivity index (χ1n) is 31.4. The number of amides is 1. The number of nitrogens with one attached hydrogen (secondary N) is 1. The number of hydrogen-bond acceptors (Lipinski definition) is 10. The number of ether oxygens (including phenoxy) is 3. The van der Waals surface area contributed by atoms with Crippen molar-refractivity contribution in [2.75, 3.05) is 13.2 Å². The van der Waals surface area contributed by atoms with Crippen LogP contribution in [0.15, 0.2) is 48.6 Å². The van der Waals surface area contributed by atoms with Gasteiger partial charge in [0.25, 0.3) is 0 Å². The molecule has 0 aliphatic carbocycles. The molecule has 1 aliphatic rings. The van der Waals surface area contributed by atoms with Crippen molar-refractivity contribution < 1.29 is 49.3 Å². The number of esters is 1. The highest BCUT2D eigenvalue weighted by molar-refractivity contribution is 5.80. The van der Waals surface area contributed by atoms with Gasteiger partial charge < -0.3 is 45.1 Å². The van der Waals surface area contributed by atoms with E-state index in [0.29, 0.717) is 12.8 Å². The second-order valence-electron chi connectivity index (χ2n) is 21.8. The molecule has 438 valence electrons. The van der Waals surface area contributed by atoms with E-state index in [0.717, 1.165) is 77.0 Å². The van der Waals surface area contributed by atoms with Crippen molar-refractivity contribution in [2.24, 2.45) is 0 Å². The third-order valence-electron chi connectivity index (χ3n) is 14.7. The molecule has 1 amide bonds. The summed E-state index contributed by atoms with van der Waals surface area (Å²) in [5, 5.41) is 56.9. The van der Waals surface area contributed by atoms with Gasteiger partial charge in [-0.3, -0.25) is 9.59 Å². The molecule has 0 aromatic heterocycles. The molecule has 8 unspecified atom stereocenters. The Balaban J connectivity index is 2.66. The topological polar surface area (TPSA) is 175 Å². The van der Waals surface area contributed by atoms with E-state index in [1.54, 1.807) is 6.08 Å². The lowest BCUT2D eigenvalue weighted by Gasteiger charge is -2.41. The summed E-state index contributed by atoms with van der Waals surface area (Å²) in [5.74, 6) is -1.21. The maximum atomic E-state index is 13.4. The normalized spacial score (nSPS) is 19.5. The highest BCUT2D eigenvalue weighted by Crippen LogP contribution is 2.26. The van der Waals surface area contributed by atoms with Gasteiger partial charge in [0.15, 0.2) is 12.4 Å². The molecule has 8 atom stereocenters. The zero-order valence-electron chi connectivity index (χ0n) is 48.4. The maximum absolute atomic E-state index is 13.4. The second-order valence-corrected chi connectivity index (χ2v) is 21.8. The van der Waals surface area contributed by atoms with Crippen molar-refractivity contribution in [3.63, 3.8) is 0 Å². The van der Waals surface area contributed by atoms with Gasteiger partial charge in [0.2, 0.25) is 5.91 Å². The highest BCUT2D eigenvalue weighted by Gasteiger charge is 2.47. The molecule has 1 fully saturated rings. The maximum Gasteiger partial charge on any atom is 0.306 e. The first-order valence-corrected chi connectivity index (χ1v) is 31.4. The van der Waals surface area contributed by atoms with Crippen LogP contribution in [0.2, 0.25) is 0 Å². The van der Waals surface area contributed by atoms with Crippen LogP contribution in [0.1, 0.15) is 284 Å². The SMILES string of the molecule is CCCCC/C=C\C/C=C\C/C=C\CCCCCC(O)C(=O)NC(COC1OC(CO)C(O)C(O)C1OC(=O)CCCCCCCCCCCCCCCCCCCCC)C(O)/C=C/CCCCCCCCCCC. The van der Waals surface area contributed by atoms with Crippen molar-refractivity contribution in [2.45, 2.75) is 333 Å². The molecule has 0 radical (unpaired) electrons. The van der Waals surface area contributed by atoms with E-state index in [2.05, 4.69) is 62.5 Å². The minimum atomic E-state index is -1.62. The first-order chi connectivity index (χ1) is 36.7. The van der Waals surface area contributed by atoms with Gasteiger partial charge in [-0.2, -0.15) is 0 Å². The van der Waals surface area contributed by atoms with Gasteiger partial charge in [-0.05, 0) is 64.2 Å². The molecule has 11 heteroatoms. The molecule has 1 rings (SSSR count). The number of aliphatic hydroxyl groups excluding tert-OH is 5. The Labute approximate surface area is 459 Å². The fraction of sp³-hybridized carbons (Fsp3) is 0.844. The summed E-state index contributed by atoms with van der Waals surface area (Å²) in [6.45, 7) is 5.76. The number of carbonyl (C=O) groups excluding carboxylic acids is 2. The standard InChI is InChI=1S/C64H117NO10/c1-4-7-10-13-16-19-22-24-26-28-29-30-32-34-37-40-43-46-49-52-59(69)75-62-61(71)60(70)58(53-66)74-64(62)73-54-55(56(67)50-47-44-41-38-35-21-18-15-12-9-6-3)65-63(72)57(68)51-48-45-42-39-36-33-31-27-25-23-20-17-14-11-8-5-2/h17,20,25,27,33,36,47,50,55-58,60-62,64,66-68,70-71H,4-16,18-19,21-24,26,28-32,34-35,37-46,48-49,51-54H2,1-3H3,(H,65,72)/b20-17-,27-25-,36-33-,50-47+. The molecule has 75 heavy (non-hydrogen) atoms. The van der Waals surface area contributed by atoms with Crippen LogP contribution in [-0.2, 0) is 23.8 Å². The van der Waals surface area contributed by atoms with Crippen LogP contribution in [0.5, 0.6) is 0 Å². The minimum Gasteiger partial charge on any atom is -0.454 e. The second kappa shape index (κ2) is 52.3. The van der Waals surface area contributed by atoms with Crippen LogP contribution >= 0.6 is 0 Å². The van der Waals surface area contributed by atoms with Gasteiger partial charge in [0, 0.05) is 6.42 Å². The summed E-state index contributed by atoms with van der Waals surface area (Å²) in [5.41, 5.74) is 0. The highest BCUT2D eigenvalue weighted by atomic mass is 16.7. The van der Waals surface area contributed by atoms with E-state index >= 15 is 0 Å². The molecule has 1 saturated heterocycles. The van der Waals surface area contributed by atoms with Crippen molar-refractivity contribution in [3.8, 4) is 0 Å². The van der Waals surface area contributed by atoms with E-state index in [4.69, 9.17) is 14.2 Å². The Morgan fingerprint density at radius 3 is 1.40 bits per heavy atom. The monoisotopic (exact) mass is 1060 g/mol. The molecule has 1 aliphatic heterocycles. The first kappa shape index (κ1) is 70.6. The quantitative estimate of drug-likeness (QED) is 0.0195. The van der Waals surface area contributed by atoms with Crippen LogP contribution in [0.25, 0.3) is 0 Å². The molecule has 0 aromatic carbocycles. The predicted octanol–water partition coefficient (Wildman–Crippen LogP) is 14.8. The lowest BCUT2D eigenvalue weighted by atomic mass is 9.99. The average molecular weight is 1060 g/mol. The summed E-state index contributed by atoms with van der Waals surface area (Å²) >= 11 is 0. The molecule has 11 nitrogen and oxygen atoms in total. The number of aliphatic hydroxyl groups is 5. The number of unbranched alkanes of at least 4 members (excludes halogenated alkanes) is 33. The number of hydrogen-bond donors (Lipinski definition) is 6. The van der Waals surface area contributed by atoms with E-state index < -0.39 is 67.4 Å². The molecule has 0 bridgehead atoms. The fourth-order valence-corrected chi connectivity index (χ4v) is 9.72. The van der Waals surface area contributed by atoms with Crippen LogP contribution in [-0.4, -0.2) is 99.6 Å². The van der Waals surface area contributed by atoms with Crippen molar-refractivity contribution in [3.05, 3.63) is 48.6 Å². The molecule has 0 aromatic rings. The summed E-state index contributed by atoms with van der Waals surface area (Å²) in [6, 6.07) is -1.03. The summed E-state index contributed by atoms with van der Waals surface area (Å²) in [7, 11) is 0. The zero-order chi connectivity index (χ0) is 54.7. The summed E-state index contributed by atoms with van der Waals surface area (Å²) in [6.07, 6.45) is 52.9. The molecule has 1 heterocycles. The Kier molecular flexibility index (Phi) is 49.3. The van der Waals surface area contributed by atoms with Crippen LogP contribution in [0.4, 0.5) is 0 Å². The van der Waals surface area contributed by atoms with Crippen LogP contribution in [0, 0.1) is 0 Å². The Bertz CT molecular complexity index is 1400. The van der Waals surface area contributed by atoms with Gasteiger partial charge in [-0.15, -0.1) is 0 Å². The molecule has 0 saturated carbocycles. The largest absolute Gasteiger partial charge is 0.454 e. The summed E-state index contributed by atoms with van der Waals surface area (Å²) in [4.78, 5) is 26.5. The Morgan fingerprint density at radius 1 is 0.520 bits per heavy atom. The predicted molar refractivity (Wildman–Crippen MR) is 310 cm³/mol. The Morgan fingerprint density at radius 2 is 0.920 bits per heavy atom. The molecule has 6 N–H and O–H groups in total. The fourth-order valence-electron chi connectivity index (χ4n) is 9.72. The molecular weight excluding hydrogens is 943 g/mol. The lowest BCUT2D eigenvalue weighted by Crippen LogP contribution is -2.61. The van der Waals surface area contributed by atoms with E-state index in [1.165, 1.54) is 161 Å². The van der Waals surface area contributed by atoms with Crippen molar-refractivity contribution in [1.82, 2.24) is 5.32 Å². The third kappa shape index (κ3) is 40.5. The van der Waals surface area contributed by atoms with Crippen molar-refractivity contribution in [1.29, 1.82) is 0 Å². The lowest BCUT2D eigenvalue weighted by molar-refractivity contribution is -0.305. The average Bonchev–Trinajstić information content (AvgIpc) is 3.41. The smallest absolute Gasteiger partial charge is 0.306 e. The van der Waals surface area contributed by atoms with E-state index in [1.807, 2.05) is 6.08 Å². The number of carbonyl (C=O) groups is 2. The summed E-state index contributed by atoms with van der Waals surface area (Å²) < 4.78 is 17.6. The van der Waals surface area contributed by atoms with E-state index in [-0.39, 0.29) is 19.4 Å². The Hall–Kier alpha value is -2.38. The van der Waals surface area contributed by atoms with Crippen molar-refractivity contribution >= 4 is 11.9 Å². The van der Waals surface area contributed by atoms with Gasteiger partial charge in [-0.1, -0.05) is 262 Å². The van der Waals surface area contributed by atoms with Gasteiger partial charge in [0.05, 0.1) is 25.4 Å². The minimum absolute atomic E-state index is 0.124. The van der Waals surface area contributed by atoms with Gasteiger partial charge in [-0.25, -0.2) is 0 Å².